The largest absolute Gasteiger partial charge is 0.497 e. The number of carbonyl (C=O) groups excluding carboxylic acids is 3. The van der Waals surface area contributed by atoms with Gasteiger partial charge in [0.15, 0.2) is 0 Å². The van der Waals surface area contributed by atoms with Gasteiger partial charge in [-0.1, -0.05) is 0 Å². The second-order valence-electron chi connectivity index (χ2n) is 6.18. The molecule has 2 aromatic rings. The molecule has 142 valence electrons. The average Bonchev–Trinajstić information content (AvgIpc) is 3.34. The minimum Gasteiger partial charge on any atom is -0.497 e. The third-order valence-electron chi connectivity index (χ3n) is 4.34. The van der Waals surface area contributed by atoms with E-state index in [1.165, 1.54) is 6.26 Å². The second-order valence-corrected chi connectivity index (χ2v) is 6.18. The number of amides is 3. The van der Waals surface area contributed by atoms with Crippen LogP contribution in [0.15, 0.2) is 47.1 Å². The number of anilines is 1. The number of rotatable bonds is 7. The lowest BCUT2D eigenvalue weighted by molar-refractivity contribution is -0.129. The van der Waals surface area contributed by atoms with Gasteiger partial charge in [-0.3, -0.25) is 14.4 Å². The quantitative estimate of drug-likeness (QED) is 0.758. The molecule has 1 unspecified atom stereocenters. The number of nitrogens with one attached hydrogen (secondary N) is 2. The SMILES string of the molecule is COc1ccc(N2CC(C(=O)NCC(=O)NCc3ccco3)CC2=O)cc1. The Kier molecular flexibility index (Phi) is 5.75. The molecule has 1 saturated heterocycles. The van der Waals surface area contributed by atoms with E-state index in [2.05, 4.69) is 10.6 Å². The van der Waals surface area contributed by atoms with Crippen LogP contribution >= 0.6 is 0 Å². The van der Waals surface area contributed by atoms with Crippen LogP contribution < -0.4 is 20.3 Å². The van der Waals surface area contributed by atoms with E-state index in [9.17, 15) is 14.4 Å². The first-order valence-corrected chi connectivity index (χ1v) is 8.58. The lowest BCUT2D eigenvalue weighted by Crippen LogP contribution is -2.40. The van der Waals surface area contributed by atoms with Crippen molar-refractivity contribution >= 4 is 23.4 Å². The summed E-state index contributed by atoms with van der Waals surface area (Å²) in [4.78, 5) is 37.9. The van der Waals surface area contributed by atoms with E-state index >= 15 is 0 Å². The lowest BCUT2D eigenvalue weighted by Gasteiger charge is -2.17. The molecule has 1 atom stereocenters. The maximum absolute atomic E-state index is 12.3. The molecule has 2 heterocycles. The summed E-state index contributed by atoms with van der Waals surface area (Å²) in [6.45, 7) is 0.395. The second kappa shape index (κ2) is 8.39. The molecule has 1 fully saturated rings. The summed E-state index contributed by atoms with van der Waals surface area (Å²) in [5, 5.41) is 5.23. The van der Waals surface area contributed by atoms with Crippen LogP contribution in [0, 0.1) is 5.92 Å². The number of benzene rings is 1. The molecule has 1 aliphatic heterocycles. The average molecular weight is 371 g/mol. The summed E-state index contributed by atoms with van der Waals surface area (Å²) >= 11 is 0. The number of carbonyl (C=O) groups is 3. The molecule has 27 heavy (non-hydrogen) atoms. The summed E-state index contributed by atoms with van der Waals surface area (Å²) in [7, 11) is 1.57. The molecule has 0 radical (unpaired) electrons. The Hall–Kier alpha value is -3.29. The molecule has 0 saturated carbocycles. The fraction of sp³-hybridized carbons (Fsp3) is 0.316. The van der Waals surface area contributed by atoms with Crippen molar-refractivity contribution < 1.29 is 23.5 Å². The van der Waals surface area contributed by atoms with Gasteiger partial charge in [0.2, 0.25) is 17.7 Å². The molecule has 0 spiro atoms. The number of furan rings is 1. The van der Waals surface area contributed by atoms with Crippen LogP contribution in [0.4, 0.5) is 5.69 Å². The van der Waals surface area contributed by atoms with Gasteiger partial charge < -0.3 is 24.7 Å². The molecule has 0 aliphatic carbocycles. The van der Waals surface area contributed by atoms with Crippen molar-refractivity contribution in [2.24, 2.45) is 5.92 Å². The highest BCUT2D eigenvalue weighted by Gasteiger charge is 2.35. The summed E-state index contributed by atoms with van der Waals surface area (Å²) in [5.74, 6) is 0.0788. The van der Waals surface area contributed by atoms with Gasteiger partial charge >= 0.3 is 0 Å². The van der Waals surface area contributed by atoms with Crippen molar-refractivity contribution in [3.63, 3.8) is 0 Å². The van der Waals surface area contributed by atoms with Crippen molar-refractivity contribution in [1.29, 1.82) is 0 Å². The topological polar surface area (TPSA) is 101 Å². The van der Waals surface area contributed by atoms with Crippen LogP contribution in [-0.4, -0.2) is 37.9 Å². The van der Waals surface area contributed by atoms with E-state index in [1.54, 1.807) is 48.4 Å². The Labute approximate surface area is 156 Å². The number of hydrogen-bond donors (Lipinski definition) is 2. The zero-order chi connectivity index (χ0) is 19.2. The Morgan fingerprint density at radius 2 is 2.00 bits per heavy atom. The normalized spacial score (nSPS) is 16.3. The van der Waals surface area contributed by atoms with E-state index in [0.717, 1.165) is 0 Å². The van der Waals surface area contributed by atoms with Gasteiger partial charge in [0.05, 0.1) is 32.4 Å². The third-order valence-corrected chi connectivity index (χ3v) is 4.34. The van der Waals surface area contributed by atoms with E-state index in [1.807, 2.05) is 0 Å². The number of nitrogens with zero attached hydrogens (tertiary/aromatic N) is 1. The first-order valence-electron chi connectivity index (χ1n) is 8.58. The van der Waals surface area contributed by atoms with Gasteiger partial charge in [-0.15, -0.1) is 0 Å². The van der Waals surface area contributed by atoms with Crippen molar-refractivity contribution in [3.05, 3.63) is 48.4 Å². The maximum atomic E-state index is 12.3. The van der Waals surface area contributed by atoms with Crippen molar-refractivity contribution in [1.82, 2.24) is 10.6 Å². The highest BCUT2D eigenvalue weighted by Crippen LogP contribution is 2.26. The Balaban J connectivity index is 1.47. The van der Waals surface area contributed by atoms with Crippen LogP contribution in [0.2, 0.25) is 0 Å². The minimum absolute atomic E-state index is 0.117. The van der Waals surface area contributed by atoms with Gasteiger partial charge in [0, 0.05) is 18.7 Å². The van der Waals surface area contributed by atoms with E-state index in [4.69, 9.17) is 9.15 Å². The fourth-order valence-corrected chi connectivity index (χ4v) is 2.87. The van der Waals surface area contributed by atoms with Crippen molar-refractivity contribution in [3.8, 4) is 5.75 Å². The summed E-state index contributed by atoms with van der Waals surface area (Å²) in [5.41, 5.74) is 0.715. The molecule has 1 aromatic heterocycles. The molecule has 2 N–H and O–H groups in total. The van der Waals surface area contributed by atoms with Gasteiger partial charge in [-0.2, -0.15) is 0 Å². The van der Waals surface area contributed by atoms with Crippen LogP contribution in [0.25, 0.3) is 0 Å². The number of hydrogen-bond acceptors (Lipinski definition) is 5. The smallest absolute Gasteiger partial charge is 0.239 e. The van der Waals surface area contributed by atoms with Crippen LogP contribution in [-0.2, 0) is 20.9 Å². The predicted octanol–water partition coefficient (Wildman–Crippen LogP) is 1.07. The predicted molar refractivity (Wildman–Crippen MR) is 97.0 cm³/mol. The first-order chi connectivity index (χ1) is 13.1. The molecular weight excluding hydrogens is 350 g/mol. The van der Waals surface area contributed by atoms with Crippen LogP contribution in [0.3, 0.4) is 0 Å². The van der Waals surface area contributed by atoms with Crippen LogP contribution in [0.5, 0.6) is 5.75 Å². The van der Waals surface area contributed by atoms with E-state index < -0.39 is 5.92 Å². The standard InChI is InChI=1S/C19H21N3O5/c1-26-15-6-4-14(5-7-15)22-12-13(9-18(22)24)19(25)21-11-17(23)20-10-16-3-2-8-27-16/h2-8,13H,9-12H2,1H3,(H,20,23)(H,21,25). The maximum Gasteiger partial charge on any atom is 0.239 e. The molecule has 1 aliphatic rings. The van der Waals surface area contributed by atoms with Gasteiger partial charge in [-0.05, 0) is 36.4 Å². The van der Waals surface area contributed by atoms with Crippen LogP contribution in [0.1, 0.15) is 12.2 Å². The summed E-state index contributed by atoms with van der Waals surface area (Å²) in [6.07, 6.45) is 1.64. The monoisotopic (exact) mass is 371 g/mol. The Bertz CT molecular complexity index is 801. The molecule has 8 heteroatoms. The molecule has 8 nitrogen and oxygen atoms in total. The number of ether oxygens (including phenoxy) is 1. The molecule has 3 rings (SSSR count). The summed E-state index contributed by atoms with van der Waals surface area (Å²) < 4.78 is 10.2. The van der Waals surface area contributed by atoms with E-state index in [-0.39, 0.29) is 43.8 Å². The van der Waals surface area contributed by atoms with Crippen molar-refractivity contribution in [2.75, 3.05) is 25.1 Å². The van der Waals surface area contributed by atoms with Gasteiger partial charge in [-0.25, -0.2) is 0 Å². The zero-order valence-electron chi connectivity index (χ0n) is 14.9. The third kappa shape index (κ3) is 4.66. The highest BCUT2D eigenvalue weighted by molar-refractivity contribution is 6.00. The molecule has 3 amide bonds. The highest BCUT2D eigenvalue weighted by atomic mass is 16.5. The summed E-state index contributed by atoms with van der Waals surface area (Å²) in [6, 6.07) is 10.6. The minimum atomic E-state index is -0.488. The fourth-order valence-electron chi connectivity index (χ4n) is 2.87. The zero-order valence-corrected chi connectivity index (χ0v) is 14.9. The molecular formula is C19H21N3O5. The Morgan fingerprint density at radius 3 is 2.67 bits per heavy atom. The van der Waals surface area contributed by atoms with Crippen molar-refractivity contribution in [2.45, 2.75) is 13.0 Å². The van der Waals surface area contributed by atoms with Gasteiger partial charge in [0.1, 0.15) is 11.5 Å². The van der Waals surface area contributed by atoms with Gasteiger partial charge in [0.25, 0.3) is 0 Å². The lowest BCUT2D eigenvalue weighted by atomic mass is 10.1. The Morgan fingerprint density at radius 1 is 1.22 bits per heavy atom. The molecule has 0 bridgehead atoms. The molecule has 1 aromatic carbocycles. The first kappa shape index (κ1) is 18.5. The number of methoxy groups -OCH3 is 1. The van der Waals surface area contributed by atoms with E-state index in [0.29, 0.717) is 17.2 Å².